The molecule has 30 heavy (non-hydrogen) atoms. The first kappa shape index (κ1) is 23.9. The molecule has 4 aromatic rings. The predicted octanol–water partition coefficient (Wildman–Crippen LogP) is -0.253. The molecule has 4 aromatic carbocycles. The Hall–Kier alpha value is -0.773. The van der Waals surface area contributed by atoms with Crippen LogP contribution in [0.15, 0.2) is 72.8 Å². The van der Waals surface area contributed by atoms with Gasteiger partial charge in [0.25, 0.3) is 0 Å². The quantitative estimate of drug-likeness (QED) is 0.146. The van der Waals surface area contributed by atoms with Gasteiger partial charge in [0.05, 0.1) is 0 Å². The van der Waals surface area contributed by atoms with Crippen LogP contribution >= 0.6 is 11.1 Å². The Morgan fingerprint density at radius 1 is 0.833 bits per heavy atom. The smallest absolute Gasteiger partial charge is 0.146 e. The second-order valence-corrected chi connectivity index (χ2v) is 13.0. The molecular weight excluding hydrogens is 613 g/mol. The van der Waals surface area contributed by atoms with Crippen LogP contribution in [0, 0.1) is 0 Å². The molecule has 6 rings (SSSR count). The molecule has 0 N–H and O–H groups in total. The minimum absolute atomic E-state index is 0. The third-order valence-corrected chi connectivity index (χ3v) is 11.7. The summed E-state index contributed by atoms with van der Waals surface area (Å²) in [5.41, 5.74) is 7.06. The van der Waals surface area contributed by atoms with Crippen molar-refractivity contribution in [2.24, 2.45) is 0 Å². The van der Waals surface area contributed by atoms with E-state index in [1.807, 2.05) is 0 Å². The van der Waals surface area contributed by atoms with Crippen LogP contribution in [0.2, 0.25) is 6.04 Å². The van der Waals surface area contributed by atoms with E-state index in [0.717, 1.165) is 0 Å². The Balaban J connectivity index is 0.000000853. The Morgan fingerprint density at radius 2 is 1.40 bits per heavy atom. The van der Waals surface area contributed by atoms with Gasteiger partial charge >= 0.3 is 0 Å². The molecule has 1 aliphatic carbocycles. The summed E-state index contributed by atoms with van der Waals surface area (Å²) in [5.74, 6) is 0.310. The van der Waals surface area contributed by atoms with Crippen molar-refractivity contribution >= 4 is 39.6 Å². The number of halogens is 3. The van der Waals surface area contributed by atoms with Gasteiger partial charge < -0.3 is 24.8 Å². The van der Waals surface area contributed by atoms with Crippen molar-refractivity contribution < 1.29 is 50.7 Å². The van der Waals surface area contributed by atoms with E-state index in [2.05, 4.69) is 79.7 Å². The van der Waals surface area contributed by atoms with Crippen molar-refractivity contribution in [2.45, 2.75) is 25.3 Å². The maximum absolute atomic E-state index is 7.15. The van der Waals surface area contributed by atoms with Crippen LogP contribution in [0.5, 0.6) is 0 Å². The van der Waals surface area contributed by atoms with Crippen molar-refractivity contribution in [3.63, 3.8) is 0 Å². The van der Waals surface area contributed by atoms with E-state index < -0.39 is 7.38 Å². The second kappa shape index (κ2) is 8.63. The summed E-state index contributed by atoms with van der Waals surface area (Å²) in [6.45, 7) is 2.25. The summed E-state index contributed by atoms with van der Waals surface area (Å²) in [7, 11) is -1.82. The first-order valence-corrected chi connectivity index (χ1v) is 13.1. The van der Waals surface area contributed by atoms with E-state index in [-0.39, 0.29) is 50.7 Å². The Morgan fingerprint density at radius 3 is 2.00 bits per heavy atom. The molecule has 1 atom stereocenters. The second-order valence-electron chi connectivity index (χ2n) is 7.90. The molecule has 5 heteroatoms. The SMILES string of the molecule is CCC[Si]1(Cl)c2[cH-]c3cccc(C4c5ccccc5-c5ccccc54)c3c21.[Cl-].[Cl-].[Hf]. The van der Waals surface area contributed by atoms with Crippen LogP contribution in [0.3, 0.4) is 0 Å². The molecule has 0 radical (unpaired) electrons. The number of fused-ring (bicyclic) bond motifs is 6. The van der Waals surface area contributed by atoms with E-state index in [0.29, 0.717) is 5.92 Å². The van der Waals surface area contributed by atoms with Crippen LogP contribution < -0.4 is 35.2 Å². The van der Waals surface area contributed by atoms with Crippen LogP contribution in [-0.2, 0) is 25.8 Å². The fraction of sp³-hybridized carbons (Fsp3) is 0.160. The van der Waals surface area contributed by atoms with Crippen molar-refractivity contribution in [2.75, 3.05) is 0 Å². The molecule has 152 valence electrons. The molecule has 0 amide bonds. The summed E-state index contributed by atoms with van der Waals surface area (Å²) >= 11 is 7.15. The Kier molecular flexibility index (Phi) is 6.87. The first-order valence-electron chi connectivity index (χ1n) is 9.84. The normalized spacial score (nSPS) is 17.8. The molecule has 1 heterocycles. The van der Waals surface area contributed by atoms with Crippen molar-refractivity contribution in [1.82, 2.24) is 0 Å². The fourth-order valence-electron chi connectivity index (χ4n) is 5.33. The molecule has 0 spiro atoms. The molecule has 2 aliphatic rings. The number of benzene rings is 3. The molecule has 0 aromatic heterocycles. The van der Waals surface area contributed by atoms with Gasteiger partial charge in [0.1, 0.15) is 7.38 Å². The predicted molar refractivity (Wildman–Crippen MR) is 118 cm³/mol. The average molecular weight is 633 g/mol. The Bertz CT molecular complexity index is 1190. The summed E-state index contributed by atoms with van der Waals surface area (Å²) in [4.78, 5) is 0. The molecule has 0 fully saturated rings. The minimum atomic E-state index is -1.82. The molecule has 0 saturated heterocycles. The monoisotopic (exact) mass is 633 g/mol. The standard InChI is InChI=1S/C25H20ClSi.2ClH.Hf/c1-2-14-27(26)22-15-16-8-7-13-21(23(16)25(22)27)24-19-11-5-3-9-17(19)18-10-4-6-12-20(18)24;;;/h3-13,15,24H,2,14H2,1H3;2*1H;/q-1;;;/p-2. The van der Waals surface area contributed by atoms with Crippen LogP contribution in [-0.4, -0.2) is 7.38 Å². The summed E-state index contributed by atoms with van der Waals surface area (Å²) < 4.78 is 0. The summed E-state index contributed by atoms with van der Waals surface area (Å²) in [6, 6.07) is 28.2. The summed E-state index contributed by atoms with van der Waals surface area (Å²) in [5, 5.41) is 5.85. The molecule has 0 nitrogen and oxygen atoms in total. The zero-order valence-electron chi connectivity index (χ0n) is 16.6. The average Bonchev–Trinajstić information content (AvgIpc) is 3.02. The fourth-order valence-corrected chi connectivity index (χ4v) is 10.6. The zero-order chi connectivity index (χ0) is 18.2. The largest absolute Gasteiger partial charge is 1.00 e. The summed E-state index contributed by atoms with van der Waals surface area (Å²) in [6.07, 6.45) is 1.17. The number of hydrogen-bond acceptors (Lipinski definition) is 0. The number of rotatable bonds is 3. The molecule has 0 saturated carbocycles. The number of hydrogen-bond donors (Lipinski definition) is 0. The third kappa shape index (κ3) is 3.14. The van der Waals surface area contributed by atoms with Crippen LogP contribution in [0.4, 0.5) is 0 Å². The van der Waals surface area contributed by atoms with E-state index >= 15 is 0 Å². The van der Waals surface area contributed by atoms with Gasteiger partial charge in [0.15, 0.2) is 0 Å². The third-order valence-electron chi connectivity index (χ3n) is 6.45. The molecular formula is C25H20Cl3HfSi-3. The van der Waals surface area contributed by atoms with Gasteiger partial charge in [-0.05, 0) is 28.3 Å². The van der Waals surface area contributed by atoms with E-state index in [1.54, 1.807) is 0 Å². The van der Waals surface area contributed by atoms with E-state index in [1.165, 1.54) is 61.4 Å². The van der Waals surface area contributed by atoms with Crippen LogP contribution in [0.1, 0.15) is 36.0 Å². The topological polar surface area (TPSA) is 0 Å². The molecule has 0 bridgehead atoms. The van der Waals surface area contributed by atoms with Gasteiger partial charge in [-0.3, -0.25) is 0 Å². The van der Waals surface area contributed by atoms with Gasteiger partial charge in [0, 0.05) is 31.8 Å². The van der Waals surface area contributed by atoms with Crippen molar-refractivity contribution in [1.29, 1.82) is 0 Å². The van der Waals surface area contributed by atoms with Gasteiger partial charge in [-0.1, -0.05) is 73.5 Å². The first-order chi connectivity index (χ1) is 13.2. The van der Waals surface area contributed by atoms with Crippen molar-refractivity contribution in [3.8, 4) is 11.1 Å². The minimum Gasteiger partial charge on any atom is -1.00 e. The van der Waals surface area contributed by atoms with Crippen LogP contribution in [0.25, 0.3) is 21.9 Å². The van der Waals surface area contributed by atoms with Gasteiger partial charge in [-0.2, -0.15) is 11.1 Å². The molecule has 1 unspecified atom stereocenters. The maximum Gasteiger partial charge on any atom is 0.146 e. The van der Waals surface area contributed by atoms with Gasteiger partial charge in [-0.25, -0.2) is 0 Å². The van der Waals surface area contributed by atoms with E-state index in [9.17, 15) is 0 Å². The van der Waals surface area contributed by atoms with Gasteiger partial charge in [0.2, 0.25) is 0 Å². The Labute approximate surface area is 214 Å². The zero-order valence-corrected chi connectivity index (χ0v) is 23.4. The van der Waals surface area contributed by atoms with E-state index in [4.69, 9.17) is 11.1 Å². The molecule has 1 aliphatic heterocycles. The van der Waals surface area contributed by atoms with Crippen molar-refractivity contribution in [3.05, 3.63) is 89.5 Å². The maximum atomic E-state index is 7.15. The van der Waals surface area contributed by atoms with Gasteiger partial charge in [-0.15, -0.1) is 39.3 Å².